The number of nitrogens with one attached hydrogen (secondary N) is 1. The Balaban J connectivity index is 1.47. The van der Waals surface area contributed by atoms with Gasteiger partial charge in [0.15, 0.2) is 11.6 Å². The van der Waals surface area contributed by atoms with Crippen LogP contribution in [0.3, 0.4) is 0 Å². The fourth-order valence-electron chi connectivity index (χ4n) is 3.44. The van der Waals surface area contributed by atoms with Crippen molar-refractivity contribution >= 4 is 23.4 Å². The summed E-state index contributed by atoms with van der Waals surface area (Å²) < 4.78 is 16.6. The third-order valence-corrected chi connectivity index (χ3v) is 4.85. The van der Waals surface area contributed by atoms with Crippen LogP contribution in [0, 0.1) is 0 Å². The number of para-hydroxylation sites is 1. The number of carbonyl (C=O) groups is 1. The van der Waals surface area contributed by atoms with E-state index in [0.29, 0.717) is 42.8 Å². The fourth-order valence-corrected chi connectivity index (χ4v) is 3.44. The molecule has 2 aliphatic rings. The van der Waals surface area contributed by atoms with Gasteiger partial charge in [-0.25, -0.2) is 4.79 Å². The molecule has 3 heterocycles. The van der Waals surface area contributed by atoms with Crippen LogP contribution in [0.2, 0.25) is 0 Å². The number of anilines is 3. The highest BCUT2D eigenvalue weighted by atomic mass is 16.7. The number of nitrogens with zero attached hydrogens (tertiary/aromatic N) is 4. The zero-order chi connectivity index (χ0) is 19.4. The molecule has 0 amide bonds. The van der Waals surface area contributed by atoms with Crippen molar-refractivity contribution in [3.05, 3.63) is 36.0 Å². The summed E-state index contributed by atoms with van der Waals surface area (Å²) in [5.74, 6) is 0.214. The zero-order valence-corrected chi connectivity index (χ0v) is 15.8. The molecule has 2 fully saturated rings. The SMILES string of the molecule is CCOC(=O)c1ccccc1Nc1cnnc(N2CCC3(CC2)OCCO3)n1. The number of benzene rings is 1. The number of carbonyl (C=O) groups excluding carboxylic acids is 1. The van der Waals surface area contributed by atoms with Crippen molar-refractivity contribution in [2.75, 3.05) is 43.1 Å². The van der Waals surface area contributed by atoms with Gasteiger partial charge < -0.3 is 24.4 Å². The Kier molecular flexibility index (Phi) is 5.36. The van der Waals surface area contributed by atoms with Gasteiger partial charge >= 0.3 is 5.97 Å². The minimum atomic E-state index is -0.446. The first-order valence-electron chi connectivity index (χ1n) is 9.45. The van der Waals surface area contributed by atoms with Crippen LogP contribution in [0.1, 0.15) is 30.1 Å². The van der Waals surface area contributed by atoms with Crippen molar-refractivity contribution in [3.63, 3.8) is 0 Å². The normalized spacial score (nSPS) is 18.2. The Morgan fingerprint density at radius 1 is 1.25 bits per heavy atom. The number of esters is 1. The Hall–Kier alpha value is -2.78. The molecule has 0 atom stereocenters. The highest BCUT2D eigenvalue weighted by Crippen LogP contribution is 2.32. The van der Waals surface area contributed by atoms with Crippen LogP contribution in [-0.4, -0.2) is 59.8 Å². The van der Waals surface area contributed by atoms with E-state index in [1.165, 1.54) is 6.20 Å². The lowest BCUT2D eigenvalue weighted by Gasteiger charge is -2.37. The number of piperidine rings is 1. The maximum Gasteiger partial charge on any atom is 0.340 e. The van der Waals surface area contributed by atoms with Gasteiger partial charge in [0, 0.05) is 25.9 Å². The van der Waals surface area contributed by atoms with Gasteiger partial charge in [0.25, 0.3) is 0 Å². The molecular weight excluding hydrogens is 362 g/mol. The molecule has 148 valence electrons. The number of rotatable bonds is 5. The summed E-state index contributed by atoms with van der Waals surface area (Å²) in [5, 5.41) is 11.4. The molecular formula is C19H23N5O4. The molecule has 0 radical (unpaired) electrons. The van der Waals surface area contributed by atoms with Gasteiger partial charge in [-0.3, -0.25) is 0 Å². The Morgan fingerprint density at radius 2 is 2.00 bits per heavy atom. The standard InChI is InChI=1S/C19H23N5O4/c1-2-26-17(25)14-5-3-4-6-15(14)21-16-13-20-23-18(22-16)24-9-7-19(8-10-24)27-11-12-28-19/h3-6,13H,2,7-12H2,1H3,(H,21,22,23). The van der Waals surface area contributed by atoms with Crippen LogP contribution in [-0.2, 0) is 14.2 Å². The van der Waals surface area contributed by atoms with Gasteiger partial charge in [0.2, 0.25) is 5.95 Å². The Bertz CT molecular complexity index is 831. The summed E-state index contributed by atoms with van der Waals surface area (Å²) in [7, 11) is 0. The fraction of sp³-hybridized carbons (Fsp3) is 0.474. The monoisotopic (exact) mass is 385 g/mol. The second-order valence-electron chi connectivity index (χ2n) is 6.63. The summed E-state index contributed by atoms with van der Waals surface area (Å²) in [6, 6.07) is 7.14. The number of hydrogen-bond donors (Lipinski definition) is 1. The first-order valence-corrected chi connectivity index (χ1v) is 9.45. The van der Waals surface area contributed by atoms with Crippen LogP contribution in [0.5, 0.6) is 0 Å². The average molecular weight is 385 g/mol. The maximum atomic E-state index is 12.2. The van der Waals surface area contributed by atoms with E-state index in [2.05, 4.69) is 25.4 Å². The second kappa shape index (κ2) is 8.07. The average Bonchev–Trinajstić information content (AvgIpc) is 3.17. The Morgan fingerprint density at radius 3 is 2.75 bits per heavy atom. The molecule has 9 nitrogen and oxygen atoms in total. The largest absolute Gasteiger partial charge is 0.462 e. The molecule has 4 rings (SSSR count). The lowest BCUT2D eigenvalue weighted by Crippen LogP contribution is -2.45. The number of aromatic nitrogens is 3. The third-order valence-electron chi connectivity index (χ3n) is 4.85. The van der Waals surface area contributed by atoms with Crippen LogP contribution < -0.4 is 10.2 Å². The summed E-state index contributed by atoms with van der Waals surface area (Å²) in [4.78, 5) is 18.8. The van der Waals surface area contributed by atoms with Crippen molar-refractivity contribution in [1.29, 1.82) is 0 Å². The van der Waals surface area contributed by atoms with E-state index < -0.39 is 5.79 Å². The van der Waals surface area contributed by atoms with E-state index in [-0.39, 0.29) is 5.97 Å². The van der Waals surface area contributed by atoms with Crippen LogP contribution in [0.25, 0.3) is 0 Å². The molecule has 0 unspecified atom stereocenters. The molecule has 2 aliphatic heterocycles. The lowest BCUT2D eigenvalue weighted by molar-refractivity contribution is -0.169. The molecule has 1 aromatic heterocycles. The van der Waals surface area contributed by atoms with Gasteiger partial charge in [-0.2, -0.15) is 10.1 Å². The van der Waals surface area contributed by atoms with Crippen LogP contribution in [0.4, 0.5) is 17.5 Å². The summed E-state index contributed by atoms with van der Waals surface area (Å²) in [6.07, 6.45) is 3.06. The molecule has 9 heteroatoms. The van der Waals surface area contributed by atoms with Crippen LogP contribution >= 0.6 is 0 Å². The van der Waals surface area contributed by atoms with E-state index in [4.69, 9.17) is 14.2 Å². The first kappa shape index (κ1) is 18.6. The molecule has 0 saturated carbocycles. The summed E-state index contributed by atoms with van der Waals surface area (Å²) in [5.41, 5.74) is 1.05. The smallest absolute Gasteiger partial charge is 0.340 e. The molecule has 1 N–H and O–H groups in total. The summed E-state index contributed by atoms with van der Waals surface area (Å²) in [6.45, 7) is 4.85. The molecule has 2 aromatic rings. The third kappa shape index (κ3) is 3.90. The highest BCUT2D eigenvalue weighted by Gasteiger charge is 2.40. The molecule has 1 aromatic carbocycles. The van der Waals surface area contributed by atoms with E-state index in [1.54, 1.807) is 25.1 Å². The highest BCUT2D eigenvalue weighted by molar-refractivity contribution is 5.96. The number of hydrogen-bond acceptors (Lipinski definition) is 9. The summed E-state index contributed by atoms with van der Waals surface area (Å²) >= 11 is 0. The van der Waals surface area contributed by atoms with Gasteiger partial charge in [-0.05, 0) is 19.1 Å². The second-order valence-corrected chi connectivity index (χ2v) is 6.63. The zero-order valence-electron chi connectivity index (χ0n) is 15.8. The maximum absolute atomic E-state index is 12.2. The number of ether oxygens (including phenoxy) is 3. The van der Waals surface area contributed by atoms with Crippen molar-refractivity contribution in [2.45, 2.75) is 25.6 Å². The van der Waals surface area contributed by atoms with Gasteiger partial charge in [-0.1, -0.05) is 12.1 Å². The van der Waals surface area contributed by atoms with E-state index in [9.17, 15) is 4.79 Å². The lowest BCUT2D eigenvalue weighted by atomic mass is 10.0. The van der Waals surface area contributed by atoms with E-state index in [0.717, 1.165) is 25.9 Å². The van der Waals surface area contributed by atoms with Gasteiger partial charge in [0.1, 0.15) is 0 Å². The van der Waals surface area contributed by atoms with Gasteiger partial charge in [-0.15, -0.1) is 5.10 Å². The molecule has 0 bridgehead atoms. The van der Waals surface area contributed by atoms with E-state index >= 15 is 0 Å². The quantitative estimate of drug-likeness (QED) is 0.776. The Labute approximate surface area is 163 Å². The van der Waals surface area contributed by atoms with E-state index in [1.807, 2.05) is 6.07 Å². The minimum absolute atomic E-state index is 0.316. The molecule has 2 saturated heterocycles. The van der Waals surface area contributed by atoms with Crippen molar-refractivity contribution < 1.29 is 19.0 Å². The van der Waals surface area contributed by atoms with Crippen molar-refractivity contribution in [3.8, 4) is 0 Å². The predicted octanol–water partition coefficient (Wildman–Crippen LogP) is 2.14. The predicted molar refractivity (Wildman–Crippen MR) is 102 cm³/mol. The van der Waals surface area contributed by atoms with Crippen LogP contribution in [0.15, 0.2) is 30.5 Å². The van der Waals surface area contributed by atoms with Gasteiger partial charge in [0.05, 0.1) is 37.3 Å². The van der Waals surface area contributed by atoms with Crippen molar-refractivity contribution in [1.82, 2.24) is 15.2 Å². The molecule has 1 spiro atoms. The van der Waals surface area contributed by atoms with Crippen molar-refractivity contribution in [2.24, 2.45) is 0 Å². The molecule has 0 aliphatic carbocycles. The first-order chi connectivity index (χ1) is 13.7. The minimum Gasteiger partial charge on any atom is -0.462 e. The topological polar surface area (TPSA) is 98.7 Å². The molecule has 28 heavy (non-hydrogen) atoms.